The standard InChI is InChI=1S/C17H36N2O/c1-15(2)18-17(5,14-20)8-6-7-11-19-12-9-16(3,4)10-13-19/h15,18,20H,6-14H2,1-5H3. The molecule has 0 spiro atoms. The van der Waals surface area contributed by atoms with E-state index in [0.717, 1.165) is 6.42 Å². The maximum Gasteiger partial charge on any atom is 0.0610 e. The molecule has 0 saturated carbocycles. The molecule has 1 atom stereocenters. The predicted octanol–water partition coefficient (Wildman–Crippen LogP) is 3.03. The zero-order chi connectivity index (χ0) is 15.2. The van der Waals surface area contributed by atoms with Gasteiger partial charge in [-0.25, -0.2) is 0 Å². The van der Waals surface area contributed by atoms with E-state index in [2.05, 4.69) is 44.8 Å². The van der Waals surface area contributed by atoms with Crippen LogP contribution in [0.3, 0.4) is 0 Å². The first-order valence-electron chi connectivity index (χ1n) is 8.37. The van der Waals surface area contributed by atoms with E-state index in [1.165, 1.54) is 45.3 Å². The van der Waals surface area contributed by atoms with Gasteiger partial charge in [0.25, 0.3) is 0 Å². The summed E-state index contributed by atoms with van der Waals surface area (Å²) in [5.41, 5.74) is 0.436. The van der Waals surface area contributed by atoms with Crippen molar-refractivity contribution >= 4 is 0 Å². The fraction of sp³-hybridized carbons (Fsp3) is 1.00. The van der Waals surface area contributed by atoms with Gasteiger partial charge >= 0.3 is 0 Å². The van der Waals surface area contributed by atoms with E-state index < -0.39 is 0 Å². The molecule has 0 amide bonds. The second kappa shape index (κ2) is 7.77. The molecule has 20 heavy (non-hydrogen) atoms. The lowest BCUT2D eigenvalue weighted by Crippen LogP contribution is -2.49. The van der Waals surface area contributed by atoms with E-state index in [4.69, 9.17) is 0 Å². The molecular weight excluding hydrogens is 248 g/mol. The first kappa shape index (κ1) is 17.9. The zero-order valence-corrected chi connectivity index (χ0v) is 14.3. The number of hydrogen-bond donors (Lipinski definition) is 2. The molecule has 1 rings (SSSR count). The molecule has 0 aliphatic carbocycles. The summed E-state index contributed by atoms with van der Waals surface area (Å²) >= 11 is 0. The lowest BCUT2D eigenvalue weighted by molar-refractivity contribution is 0.125. The Morgan fingerprint density at radius 3 is 2.30 bits per heavy atom. The van der Waals surface area contributed by atoms with Crippen molar-refractivity contribution < 1.29 is 5.11 Å². The van der Waals surface area contributed by atoms with E-state index in [9.17, 15) is 5.11 Å². The molecular formula is C17H36N2O. The summed E-state index contributed by atoms with van der Waals surface area (Å²) in [7, 11) is 0. The Morgan fingerprint density at radius 1 is 1.20 bits per heavy atom. The smallest absolute Gasteiger partial charge is 0.0610 e. The highest BCUT2D eigenvalue weighted by atomic mass is 16.3. The van der Waals surface area contributed by atoms with E-state index in [0.29, 0.717) is 11.5 Å². The van der Waals surface area contributed by atoms with Gasteiger partial charge in [0, 0.05) is 11.6 Å². The third kappa shape index (κ3) is 6.55. The van der Waals surface area contributed by atoms with Gasteiger partial charge in [-0.05, 0) is 57.7 Å². The van der Waals surface area contributed by atoms with Crippen molar-refractivity contribution in [1.29, 1.82) is 0 Å². The molecule has 1 aliphatic heterocycles. The van der Waals surface area contributed by atoms with Crippen LogP contribution in [0.2, 0.25) is 0 Å². The fourth-order valence-electron chi connectivity index (χ4n) is 3.13. The summed E-state index contributed by atoms with van der Waals surface area (Å²) < 4.78 is 0. The molecule has 0 aromatic heterocycles. The van der Waals surface area contributed by atoms with Gasteiger partial charge in [-0.15, -0.1) is 0 Å². The predicted molar refractivity (Wildman–Crippen MR) is 87.1 cm³/mol. The molecule has 1 unspecified atom stereocenters. The van der Waals surface area contributed by atoms with E-state index >= 15 is 0 Å². The summed E-state index contributed by atoms with van der Waals surface area (Å²) in [5, 5.41) is 13.1. The topological polar surface area (TPSA) is 35.5 Å². The van der Waals surface area contributed by atoms with Crippen LogP contribution < -0.4 is 5.32 Å². The number of hydrogen-bond acceptors (Lipinski definition) is 3. The monoisotopic (exact) mass is 284 g/mol. The Balaban J connectivity index is 2.18. The molecule has 3 nitrogen and oxygen atoms in total. The van der Waals surface area contributed by atoms with Crippen molar-refractivity contribution in [2.75, 3.05) is 26.2 Å². The van der Waals surface area contributed by atoms with E-state index in [1.54, 1.807) is 0 Å². The van der Waals surface area contributed by atoms with Crippen LogP contribution in [-0.4, -0.2) is 47.8 Å². The van der Waals surface area contributed by atoms with E-state index in [-0.39, 0.29) is 12.1 Å². The van der Waals surface area contributed by atoms with Gasteiger partial charge in [-0.3, -0.25) is 0 Å². The largest absolute Gasteiger partial charge is 0.394 e. The van der Waals surface area contributed by atoms with E-state index in [1.807, 2.05) is 0 Å². The quantitative estimate of drug-likeness (QED) is 0.673. The molecule has 0 radical (unpaired) electrons. The van der Waals surface area contributed by atoms with Crippen LogP contribution >= 0.6 is 0 Å². The molecule has 1 aliphatic rings. The lowest BCUT2D eigenvalue weighted by atomic mass is 9.82. The highest BCUT2D eigenvalue weighted by Gasteiger charge is 2.26. The van der Waals surface area contributed by atoms with Crippen LogP contribution in [-0.2, 0) is 0 Å². The minimum Gasteiger partial charge on any atom is -0.394 e. The van der Waals surface area contributed by atoms with Crippen molar-refractivity contribution in [1.82, 2.24) is 10.2 Å². The number of nitrogens with zero attached hydrogens (tertiary/aromatic N) is 1. The molecule has 0 bridgehead atoms. The third-order valence-corrected chi connectivity index (χ3v) is 4.65. The third-order valence-electron chi connectivity index (χ3n) is 4.65. The number of nitrogens with one attached hydrogen (secondary N) is 1. The Labute approximate surface area is 126 Å². The molecule has 0 aromatic rings. The molecule has 1 saturated heterocycles. The Bertz CT molecular complexity index is 268. The minimum atomic E-state index is -0.113. The average molecular weight is 284 g/mol. The van der Waals surface area contributed by atoms with Crippen molar-refractivity contribution in [3.05, 3.63) is 0 Å². The van der Waals surface area contributed by atoms with Crippen molar-refractivity contribution in [2.24, 2.45) is 5.41 Å². The molecule has 3 heteroatoms. The summed E-state index contributed by atoms with van der Waals surface area (Å²) in [6.45, 7) is 15.2. The first-order valence-corrected chi connectivity index (χ1v) is 8.37. The second-order valence-electron chi connectivity index (χ2n) is 7.98. The number of aliphatic hydroxyl groups is 1. The van der Waals surface area contributed by atoms with Gasteiger partial charge in [0.05, 0.1) is 6.61 Å². The number of likely N-dealkylation sites (tertiary alicyclic amines) is 1. The van der Waals surface area contributed by atoms with Gasteiger partial charge in [0.15, 0.2) is 0 Å². The second-order valence-corrected chi connectivity index (χ2v) is 7.98. The summed E-state index contributed by atoms with van der Waals surface area (Å²) in [5.74, 6) is 0. The van der Waals surface area contributed by atoms with Crippen molar-refractivity contribution in [3.8, 4) is 0 Å². The molecule has 0 aromatic carbocycles. The number of piperidine rings is 1. The van der Waals surface area contributed by atoms with Crippen LogP contribution in [0.1, 0.15) is 66.7 Å². The van der Waals surface area contributed by atoms with Crippen molar-refractivity contribution in [2.45, 2.75) is 78.3 Å². The fourth-order valence-corrected chi connectivity index (χ4v) is 3.13. The van der Waals surface area contributed by atoms with Crippen molar-refractivity contribution in [3.63, 3.8) is 0 Å². The SMILES string of the molecule is CC(C)NC(C)(CO)CCCCN1CCC(C)(C)CC1. The average Bonchev–Trinajstić information content (AvgIpc) is 2.35. The van der Waals surface area contributed by atoms with Gasteiger partial charge in [0.1, 0.15) is 0 Å². The molecule has 120 valence electrons. The van der Waals surface area contributed by atoms with Gasteiger partial charge in [-0.2, -0.15) is 0 Å². The van der Waals surface area contributed by atoms with Crippen LogP contribution in [0.25, 0.3) is 0 Å². The Kier molecular flexibility index (Phi) is 6.96. The highest BCUT2D eigenvalue weighted by Crippen LogP contribution is 2.29. The van der Waals surface area contributed by atoms with Crippen LogP contribution in [0, 0.1) is 5.41 Å². The number of aliphatic hydroxyl groups excluding tert-OH is 1. The van der Waals surface area contributed by atoms with Crippen LogP contribution in [0.4, 0.5) is 0 Å². The van der Waals surface area contributed by atoms with Crippen LogP contribution in [0.5, 0.6) is 0 Å². The molecule has 2 N–H and O–H groups in total. The van der Waals surface area contributed by atoms with Gasteiger partial charge in [0.2, 0.25) is 0 Å². The zero-order valence-electron chi connectivity index (χ0n) is 14.3. The maximum atomic E-state index is 9.57. The molecule has 1 fully saturated rings. The Morgan fingerprint density at radius 2 is 1.80 bits per heavy atom. The first-order chi connectivity index (χ1) is 9.26. The lowest BCUT2D eigenvalue weighted by Gasteiger charge is -2.37. The number of rotatable bonds is 8. The minimum absolute atomic E-state index is 0.113. The Hall–Kier alpha value is -0.120. The van der Waals surface area contributed by atoms with Gasteiger partial charge < -0.3 is 15.3 Å². The van der Waals surface area contributed by atoms with Crippen LogP contribution in [0.15, 0.2) is 0 Å². The molecule has 1 heterocycles. The summed E-state index contributed by atoms with van der Waals surface area (Å²) in [6.07, 6.45) is 6.15. The highest BCUT2D eigenvalue weighted by molar-refractivity contribution is 4.84. The maximum absolute atomic E-state index is 9.57. The summed E-state index contributed by atoms with van der Waals surface area (Å²) in [4.78, 5) is 2.61. The summed E-state index contributed by atoms with van der Waals surface area (Å²) in [6, 6.07) is 0.427. The van der Waals surface area contributed by atoms with Gasteiger partial charge in [-0.1, -0.05) is 34.1 Å². The normalized spacial score (nSPS) is 22.9. The number of unbranched alkanes of at least 4 members (excludes halogenated alkanes) is 1.